The van der Waals surface area contributed by atoms with E-state index in [2.05, 4.69) is 4.72 Å². The number of ether oxygens (including phenoxy) is 1. The van der Waals surface area contributed by atoms with E-state index in [1.165, 1.54) is 13.5 Å². The van der Waals surface area contributed by atoms with Crippen molar-refractivity contribution in [2.24, 2.45) is 0 Å². The lowest BCUT2D eigenvalue weighted by atomic mass is 9.96. The number of hydrogen-bond donors (Lipinski definition) is 1. The molecule has 0 aromatic heterocycles. The Labute approximate surface area is 143 Å². The van der Waals surface area contributed by atoms with Crippen molar-refractivity contribution in [1.82, 2.24) is 4.72 Å². The molecule has 0 bridgehead atoms. The van der Waals surface area contributed by atoms with Crippen molar-refractivity contribution in [3.63, 3.8) is 0 Å². The number of sulfonamides is 1. The van der Waals surface area contributed by atoms with Crippen molar-refractivity contribution in [2.45, 2.75) is 55.9 Å². The standard InChI is InChI=1S/C17H24N2O4S/c1-23-17(20)19-11-5-6-13-12-15(9-10-16(13)19)24(21,22)18-14-7-3-2-4-8-14/h9-10,12,14,18H,2-8,11H2,1H3. The van der Waals surface area contributed by atoms with Gasteiger partial charge < -0.3 is 4.74 Å². The number of carbonyl (C=O) groups excluding carboxylic acids is 1. The summed E-state index contributed by atoms with van der Waals surface area (Å²) in [4.78, 5) is 13.7. The zero-order valence-corrected chi connectivity index (χ0v) is 14.8. The minimum Gasteiger partial charge on any atom is -0.452 e. The van der Waals surface area contributed by atoms with E-state index in [9.17, 15) is 13.2 Å². The first-order chi connectivity index (χ1) is 11.5. The Morgan fingerprint density at radius 1 is 1.21 bits per heavy atom. The molecule has 1 heterocycles. The fourth-order valence-electron chi connectivity index (χ4n) is 3.55. The second-order valence-electron chi connectivity index (χ2n) is 6.47. The molecule has 7 heteroatoms. The quantitative estimate of drug-likeness (QED) is 0.907. The van der Waals surface area contributed by atoms with Crippen molar-refractivity contribution < 1.29 is 17.9 Å². The fraction of sp³-hybridized carbons (Fsp3) is 0.588. The van der Waals surface area contributed by atoms with Crippen LogP contribution in [0.2, 0.25) is 0 Å². The Bertz CT molecular complexity index is 711. The molecule has 0 unspecified atom stereocenters. The summed E-state index contributed by atoms with van der Waals surface area (Å²) >= 11 is 0. The van der Waals surface area contributed by atoms with E-state index >= 15 is 0 Å². The average Bonchev–Trinajstić information content (AvgIpc) is 2.60. The van der Waals surface area contributed by atoms with Gasteiger partial charge in [-0.05, 0) is 49.4 Å². The highest BCUT2D eigenvalue weighted by molar-refractivity contribution is 7.89. The van der Waals surface area contributed by atoms with Gasteiger partial charge in [-0.2, -0.15) is 0 Å². The third-order valence-electron chi connectivity index (χ3n) is 4.80. The summed E-state index contributed by atoms with van der Waals surface area (Å²) in [5.41, 5.74) is 1.61. The minimum atomic E-state index is -3.52. The van der Waals surface area contributed by atoms with E-state index in [1.54, 1.807) is 23.1 Å². The first-order valence-electron chi connectivity index (χ1n) is 8.52. The van der Waals surface area contributed by atoms with Crippen LogP contribution in [0.5, 0.6) is 0 Å². The molecule has 1 aliphatic heterocycles. The molecule has 6 nitrogen and oxygen atoms in total. The number of fused-ring (bicyclic) bond motifs is 1. The number of rotatable bonds is 3. The van der Waals surface area contributed by atoms with Crippen molar-refractivity contribution in [2.75, 3.05) is 18.6 Å². The number of nitrogens with one attached hydrogen (secondary N) is 1. The van der Waals surface area contributed by atoms with E-state index in [4.69, 9.17) is 4.74 Å². The molecule has 1 N–H and O–H groups in total. The van der Waals surface area contributed by atoms with Crippen LogP contribution in [0.1, 0.15) is 44.1 Å². The topological polar surface area (TPSA) is 75.7 Å². The number of nitrogens with zero attached hydrogens (tertiary/aromatic N) is 1. The van der Waals surface area contributed by atoms with Crippen LogP contribution < -0.4 is 9.62 Å². The fourth-order valence-corrected chi connectivity index (χ4v) is 4.90. The van der Waals surface area contributed by atoms with Gasteiger partial charge in [0.1, 0.15) is 0 Å². The van der Waals surface area contributed by atoms with Gasteiger partial charge in [0.05, 0.1) is 17.7 Å². The van der Waals surface area contributed by atoms with Crippen LogP contribution in [-0.2, 0) is 21.2 Å². The predicted octanol–water partition coefficient (Wildman–Crippen LogP) is 2.82. The molecule has 0 saturated heterocycles. The van der Waals surface area contributed by atoms with E-state index in [1.807, 2.05) is 0 Å². The Morgan fingerprint density at radius 3 is 2.67 bits per heavy atom. The van der Waals surface area contributed by atoms with Gasteiger partial charge in [-0.3, -0.25) is 4.90 Å². The second-order valence-corrected chi connectivity index (χ2v) is 8.19. The van der Waals surface area contributed by atoms with Gasteiger partial charge in [0.2, 0.25) is 10.0 Å². The summed E-state index contributed by atoms with van der Waals surface area (Å²) in [6.45, 7) is 0.589. The third-order valence-corrected chi connectivity index (χ3v) is 6.32. The number of methoxy groups -OCH3 is 1. The summed E-state index contributed by atoms with van der Waals surface area (Å²) < 4.78 is 32.9. The Balaban J connectivity index is 1.83. The molecular formula is C17H24N2O4S. The zero-order chi connectivity index (χ0) is 17.2. The highest BCUT2D eigenvalue weighted by atomic mass is 32.2. The van der Waals surface area contributed by atoms with Crippen molar-refractivity contribution >= 4 is 21.8 Å². The maximum Gasteiger partial charge on any atom is 0.414 e. The molecule has 132 valence electrons. The van der Waals surface area contributed by atoms with Gasteiger partial charge in [0, 0.05) is 12.6 Å². The van der Waals surface area contributed by atoms with Gasteiger partial charge in [-0.25, -0.2) is 17.9 Å². The first kappa shape index (κ1) is 17.2. The molecule has 24 heavy (non-hydrogen) atoms. The van der Waals surface area contributed by atoms with E-state index in [0.717, 1.165) is 49.8 Å². The molecule has 1 aromatic rings. The van der Waals surface area contributed by atoms with Gasteiger partial charge in [-0.1, -0.05) is 19.3 Å². The van der Waals surface area contributed by atoms with E-state index < -0.39 is 16.1 Å². The zero-order valence-electron chi connectivity index (χ0n) is 14.0. The van der Waals surface area contributed by atoms with Gasteiger partial charge in [0.15, 0.2) is 0 Å². The summed E-state index contributed by atoms with van der Waals surface area (Å²) in [5.74, 6) is 0. The Kier molecular flexibility index (Phi) is 5.10. The van der Waals surface area contributed by atoms with Gasteiger partial charge in [0.25, 0.3) is 0 Å². The SMILES string of the molecule is COC(=O)N1CCCc2cc(S(=O)(=O)NC3CCCCC3)ccc21. The van der Waals surface area contributed by atoms with Crippen LogP contribution in [0.3, 0.4) is 0 Å². The Morgan fingerprint density at radius 2 is 1.96 bits per heavy atom. The van der Waals surface area contributed by atoms with Crippen LogP contribution in [-0.4, -0.2) is 34.2 Å². The smallest absolute Gasteiger partial charge is 0.414 e. The summed E-state index contributed by atoms with van der Waals surface area (Å²) in [6, 6.07) is 5.01. The van der Waals surface area contributed by atoms with Crippen LogP contribution in [0.15, 0.2) is 23.1 Å². The van der Waals surface area contributed by atoms with Crippen LogP contribution in [0.25, 0.3) is 0 Å². The van der Waals surface area contributed by atoms with Crippen molar-refractivity contribution in [3.05, 3.63) is 23.8 Å². The highest BCUT2D eigenvalue weighted by Crippen LogP contribution is 2.30. The largest absolute Gasteiger partial charge is 0.452 e. The molecule has 1 saturated carbocycles. The molecule has 1 aromatic carbocycles. The molecule has 1 amide bonds. The predicted molar refractivity (Wildman–Crippen MR) is 91.7 cm³/mol. The van der Waals surface area contributed by atoms with Crippen molar-refractivity contribution in [1.29, 1.82) is 0 Å². The number of benzene rings is 1. The lowest BCUT2D eigenvalue weighted by Crippen LogP contribution is -2.37. The van der Waals surface area contributed by atoms with Gasteiger partial charge in [-0.15, -0.1) is 0 Å². The molecule has 0 spiro atoms. The second kappa shape index (κ2) is 7.11. The van der Waals surface area contributed by atoms with Crippen LogP contribution in [0.4, 0.5) is 10.5 Å². The summed E-state index contributed by atoms with van der Waals surface area (Å²) in [7, 11) is -2.17. The number of carbonyl (C=O) groups is 1. The van der Waals surface area contributed by atoms with E-state index in [0.29, 0.717) is 6.54 Å². The molecule has 3 rings (SSSR count). The number of hydrogen-bond acceptors (Lipinski definition) is 4. The lowest BCUT2D eigenvalue weighted by Gasteiger charge is -2.29. The molecular weight excluding hydrogens is 328 g/mol. The third kappa shape index (κ3) is 3.57. The molecule has 0 atom stereocenters. The maximum atomic E-state index is 12.6. The normalized spacial score (nSPS) is 19.0. The van der Waals surface area contributed by atoms with Crippen LogP contribution in [0, 0.1) is 0 Å². The molecule has 1 aliphatic carbocycles. The average molecular weight is 352 g/mol. The van der Waals surface area contributed by atoms with E-state index in [-0.39, 0.29) is 10.9 Å². The molecule has 0 radical (unpaired) electrons. The number of anilines is 1. The number of aryl methyl sites for hydroxylation is 1. The summed E-state index contributed by atoms with van der Waals surface area (Å²) in [6.07, 6.45) is 6.28. The first-order valence-corrected chi connectivity index (χ1v) is 10.0. The highest BCUT2D eigenvalue weighted by Gasteiger charge is 2.26. The Hall–Kier alpha value is -1.60. The minimum absolute atomic E-state index is 0.0337. The summed E-state index contributed by atoms with van der Waals surface area (Å²) in [5, 5.41) is 0. The monoisotopic (exact) mass is 352 g/mol. The lowest BCUT2D eigenvalue weighted by molar-refractivity contribution is 0.178. The van der Waals surface area contributed by atoms with Crippen molar-refractivity contribution in [3.8, 4) is 0 Å². The van der Waals surface area contributed by atoms with Gasteiger partial charge >= 0.3 is 6.09 Å². The maximum absolute atomic E-state index is 12.6. The molecule has 2 aliphatic rings. The molecule has 1 fully saturated rings. The number of amides is 1. The van der Waals surface area contributed by atoms with Crippen LogP contribution >= 0.6 is 0 Å².